The summed E-state index contributed by atoms with van der Waals surface area (Å²) in [7, 11) is 0. The summed E-state index contributed by atoms with van der Waals surface area (Å²) in [4.78, 5) is 36.4. The lowest BCUT2D eigenvalue weighted by Crippen LogP contribution is -2.33. The van der Waals surface area contributed by atoms with E-state index in [1.165, 1.54) is 12.1 Å². The molecule has 0 aliphatic heterocycles. The van der Waals surface area contributed by atoms with Gasteiger partial charge in [0.2, 0.25) is 0 Å². The van der Waals surface area contributed by atoms with Crippen molar-refractivity contribution in [3.8, 4) is 5.75 Å². The Hall–Kier alpha value is -3.68. The van der Waals surface area contributed by atoms with E-state index in [0.29, 0.717) is 27.6 Å². The van der Waals surface area contributed by atoms with Gasteiger partial charge in [0.15, 0.2) is 0 Å². The van der Waals surface area contributed by atoms with E-state index in [0.717, 1.165) is 5.56 Å². The summed E-state index contributed by atoms with van der Waals surface area (Å²) in [6, 6.07) is 18.2. The Morgan fingerprint density at radius 1 is 0.879 bits per heavy atom. The highest BCUT2D eigenvalue weighted by molar-refractivity contribution is 6.42. The van der Waals surface area contributed by atoms with Gasteiger partial charge in [0.25, 0.3) is 0 Å². The highest BCUT2D eigenvalue weighted by Crippen LogP contribution is 2.25. The molecule has 0 bridgehead atoms. The summed E-state index contributed by atoms with van der Waals surface area (Å²) < 4.78 is 5.37. The molecule has 0 aliphatic carbocycles. The summed E-state index contributed by atoms with van der Waals surface area (Å²) in [5.41, 5.74) is 4.90. The Labute approximate surface area is 200 Å². The molecule has 0 saturated carbocycles. The van der Waals surface area contributed by atoms with Gasteiger partial charge in [-0.1, -0.05) is 40.9 Å². The smallest absolute Gasteiger partial charge is 0.343 e. The molecular weight excluding hydrogens is 465 g/mol. The standard InChI is InChI=1S/C24H19Cl2N3O4/c1-14-4-3-5-17(12-14)24(32)33-19-9-6-16(7-10-19)15(2)28-29-23(31)22(30)27-21-13-18(25)8-11-20(21)26/h3-13H,1-2H3,(H,27,30)(H,29,31). The van der Waals surface area contributed by atoms with Gasteiger partial charge in [-0.25, -0.2) is 10.2 Å². The number of ether oxygens (including phenoxy) is 1. The van der Waals surface area contributed by atoms with E-state index in [4.69, 9.17) is 27.9 Å². The van der Waals surface area contributed by atoms with Crippen LogP contribution in [0.2, 0.25) is 10.0 Å². The van der Waals surface area contributed by atoms with Crippen LogP contribution in [0.4, 0.5) is 5.69 Å². The first-order chi connectivity index (χ1) is 15.7. The largest absolute Gasteiger partial charge is 0.423 e. The number of nitrogens with one attached hydrogen (secondary N) is 2. The van der Waals surface area contributed by atoms with Crippen molar-refractivity contribution in [3.05, 3.63) is 93.5 Å². The lowest BCUT2D eigenvalue weighted by atomic mass is 10.1. The molecule has 3 rings (SSSR count). The number of amides is 2. The number of aryl methyl sites for hydroxylation is 1. The minimum Gasteiger partial charge on any atom is -0.423 e. The van der Waals surface area contributed by atoms with Gasteiger partial charge in [0.1, 0.15) is 5.75 Å². The van der Waals surface area contributed by atoms with E-state index in [1.54, 1.807) is 55.5 Å². The minimum absolute atomic E-state index is 0.209. The van der Waals surface area contributed by atoms with Gasteiger partial charge in [0.05, 0.1) is 22.0 Å². The number of carbonyl (C=O) groups excluding carboxylic acids is 3. The zero-order chi connectivity index (χ0) is 24.0. The predicted octanol–water partition coefficient (Wildman–Crippen LogP) is 5.00. The van der Waals surface area contributed by atoms with Gasteiger partial charge in [-0.2, -0.15) is 5.10 Å². The van der Waals surface area contributed by atoms with Gasteiger partial charge < -0.3 is 10.1 Å². The normalized spacial score (nSPS) is 11.0. The minimum atomic E-state index is -0.978. The number of halogens is 2. The van der Waals surface area contributed by atoms with Crippen LogP contribution in [-0.2, 0) is 9.59 Å². The molecule has 0 radical (unpaired) electrons. The molecular formula is C24H19Cl2N3O4. The number of hydrogen-bond acceptors (Lipinski definition) is 5. The molecule has 0 heterocycles. The number of hydrogen-bond donors (Lipinski definition) is 2. The van der Waals surface area contributed by atoms with Crippen LogP contribution in [0.15, 0.2) is 71.8 Å². The highest BCUT2D eigenvalue weighted by atomic mass is 35.5. The van der Waals surface area contributed by atoms with E-state index in [-0.39, 0.29) is 10.7 Å². The highest BCUT2D eigenvalue weighted by Gasteiger charge is 2.15. The molecule has 9 heteroatoms. The first kappa shape index (κ1) is 24.0. The molecule has 2 amide bonds. The number of nitrogens with zero attached hydrogens (tertiary/aromatic N) is 1. The van der Waals surface area contributed by atoms with Crippen LogP contribution in [0.1, 0.15) is 28.4 Å². The van der Waals surface area contributed by atoms with Crippen molar-refractivity contribution >= 4 is 52.4 Å². The number of rotatable bonds is 5. The van der Waals surface area contributed by atoms with Gasteiger partial charge in [-0.15, -0.1) is 0 Å². The average Bonchev–Trinajstić information content (AvgIpc) is 2.80. The molecule has 0 aromatic heterocycles. The van der Waals surface area contributed by atoms with Crippen LogP contribution in [0.3, 0.4) is 0 Å². The van der Waals surface area contributed by atoms with E-state index >= 15 is 0 Å². The van der Waals surface area contributed by atoms with Crippen molar-refractivity contribution in [1.29, 1.82) is 0 Å². The average molecular weight is 484 g/mol. The fourth-order valence-electron chi connectivity index (χ4n) is 2.72. The first-order valence-electron chi connectivity index (χ1n) is 9.73. The SMILES string of the molecule is CC(=NNC(=O)C(=O)Nc1cc(Cl)ccc1Cl)c1ccc(OC(=O)c2cccc(C)c2)cc1. The predicted molar refractivity (Wildman–Crippen MR) is 128 cm³/mol. The summed E-state index contributed by atoms with van der Waals surface area (Å²) >= 11 is 11.8. The Morgan fingerprint density at radius 2 is 1.61 bits per heavy atom. The first-order valence-corrected chi connectivity index (χ1v) is 10.5. The van der Waals surface area contributed by atoms with Crippen molar-refractivity contribution in [2.45, 2.75) is 13.8 Å². The molecule has 0 fully saturated rings. The molecule has 168 valence electrons. The molecule has 0 saturated heterocycles. The number of anilines is 1. The lowest BCUT2D eigenvalue weighted by molar-refractivity contribution is -0.136. The zero-order valence-electron chi connectivity index (χ0n) is 17.7. The summed E-state index contributed by atoms with van der Waals surface area (Å²) in [5.74, 6) is -2.03. The zero-order valence-corrected chi connectivity index (χ0v) is 19.2. The van der Waals surface area contributed by atoms with Crippen molar-refractivity contribution in [2.75, 3.05) is 5.32 Å². The lowest BCUT2D eigenvalue weighted by Gasteiger charge is -2.08. The van der Waals surface area contributed by atoms with Crippen LogP contribution < -0.4 is 15.5 Å². The van der Waals surface area contributed by atoms with Crippen LogP contribution in [-0.4, -0.2) is 23.5 Å². The van der Waals surface area contributed by atoms with Gasteiger partial charge in [-0.3, -0.25) is 9.59 Å². The molecule has 0 spiro atoms. The second kappa shape index (κ2) is 10.8. The van der Waals surface area contributed by atoms with Crippen molar-refractivity contribution < 1.29 is 19.1 Å². The van der Waals surface area contributed by atoms with E-state index in [1.807, 2.05) is 13.0 Å². The summed E-state index contributed by atoms with van der Waals surface area (Å²) in [6.07, 6.45) is 0. The van der Waals surface area contributed by atoms with Crippen molar-refractivity contribution in [2.24, 2.45) is 5.10 Å². The molecule has 0 atom stereocenters. The maximum absolute atomic E-state index is 12.3. The van der Waals surface area contributed by atoms with E-state index < -0.39 is 17.8 Å². The van der Waals surface area contributed by atoms with Crippen LogP contribution in [0, 0.1) is 6.92 Å². The third-order valence-electron chi connectivity index (χ3n) is 4.44. The van der Waals surface area contributed by atoms with Crippen LogP contribution in [0.5, 0.6) is 5.75 Å². The molecule has 0 aliphatic rings. The molecule has 33 heavy (non-hydrogen) atoms. The maximum atomic E-state index is 12.3. The maximum Gasteiger partial charge on any atom is 0.343 e. The Balaban J connectivity index is 1.58. The third-order valence-corrected chi connectivity index (χ3v) is 5.01. The second-order valence-electron chi connectivity index (χ2n) is 7.00. The van der Waals surface area contributed by atoms with Crippen LogP contribution in [0.25, 0.3) is 0 Å². The molecule has 7 nitrogen and oxygen atoms in total. The number of benzene rings is 3. The Kier molecular flexibility index (Phi) is 7.82. The molecule has 2 N–H and O–H groups in total. The number of hydrazone groups is 1. The third kappa shape index (κ3) is 6.65. The fraction of sp³-hybridized carbons (Fsp3) is 0.0833. The topological polar surface area (TPSA) is 96.9 Å². The quantitative estimate of drug-likeness (QED) is 0.175. The van der Waals surface area contributed by atoms with Gasteiger partial charge >= 0.3 is 17.8 Å². The fourth-order valence-corrected chi connectivity index (χ4v) is 3.06. The molecule has 3 aromatic carbocycles. The number of esters is 1. The van der Waals surface area contributed by atoms with Gasteiger partial charge in [-0.05, 0) is 74.0 Å². The second-order valence-corrected chi connectivity index (χ2v) is 7.84. The van der Waals surface area contributed by atoms with Crippen molar-refractivity contribution in [3.63, 3.8) is 0 Å². The molecule has 3 aromatic rings. The van der Waals surface area contributed by atoms with E-state index in [2.05, 4.69) is 15.8 Å². The van der Waals surface area contributed by atoms with E-state index in [9.17, 15) is 14.4 Å². The Morgan fingerprint density at radius 3 is 2.30 bits per heavy atom. The van der Waals surface area contributed by atoms with Gasteiger partial charge in [0, 0.05) is 5.02 Å². The monoisotopic (exact) mass is 483 g/mol. The Bertz CT molecular complexity index is 1240. The number of carbonyl (C=O) groups is 3. The van der Waals surface area contributed by atoms with Crippen molar-refractivity contribution in [1.82, 2.24) is 5.43 Å². The molecule has 0 unspecified atom stereocenters. The van der Waals surface area contributed by atoms with Crippen LogP contribution >= 0.6 is 23.2 Å². The summed E-state index contributed by atoms with van der Waals surface area (Å²) in [5, 5.41) is 6.90. The summed E-state index contributed by atoms with van der Waals surface area (Å²) in [6.45, 7) is 3.54.